The van der Waals surface area contributed by atoms with Crippen LogP contribution in [0.4, 0.5) is 11.8 Å². The fourth-order valence-corrected chi connectivity index (χ4v) is 1.61. The molecule has 0 saturated heterocycles. The highest BCUT2D eigenvalue weighted by Gasteiger charge is 1.98. The number of rotatable bonds is 6. The number of nitrogens with zero attached hydrogens (tertiary/aromatic N) is 2. The van der Waals surface area contributed by atoms with Gasteiger partial charge in [0, 0.05) is 19.3 Å². The summed E-state index contributed by atoms with van der Waals surface area (Å²) in [6.07, 6.45) is 3.53. The van der Waals surface area contributed by atoms with Crippen LogP contribution < -0.4 is 10.6 Å². The molecular formula is C15H18N4. The molecule has 2 rings (SSSR count). The highest BCUT2D eigenvalue weighted by Crippen LogP contribution is 2.08. The molecule has 1 heterocycles. The zero-order valence-electron chi connectivity index (χ0n) is 11.1. The number of nitrogens with one attached hydrogen (secondary N) is 2. The van der Waals surface area contributed by atoms with Gasteiger partial charge in [-0.2, -0.15) is 4.98 Å². The lowest BCUT2D eigenvalue weighted by Crippen LogP contribution is -2.06. The molecule has 1 aromatic carbocycles. The Hall–Kier alpha value is -2.36. The second-order valence-corrected chi connectivity index (χ2v) is 4.27. The quantitative estimate of drug-likeness (QED) is 0.778. The average molecular weight is 254 g/mol. The van der Waals surface area contributed by atoms with Crippen LogP contribution in [-0.4, -0.2) is 16.5 Å². The molecule has 4 nitrogen and oxygen atoms in total. The number of benzene rings is 1. The van der Waals surface area contributed by atoms with Gasteiger partial charge in [-0.15, -0.1) is 6.58 Å². The van der Waals surface area contributed by atoms with E-state index in [1.54, 1.807) is 12.3 Å². The molecule has 0 aliphatic heterocycles. The van der Waals surface area contributed by atoms with Crippen LogP contribution in [-0.2, 0) is 6.54 Å². The van der Waals surface area contributed by atoms with Crippen molar-refractivity contribution >= 4 is 11.8 Å². The number of aryl methyl sites for hydroxylation is 1. The van der Waals surface area contributed by atoms with Crippen molar-refractivity contribution in [3.05, 3.63) is 60.3 Å². The van der Waals surface area contributed by atoms with Crippen molar-refractivity contribution in [1.82, 2.24) is 9.97 Å². The molecule has 19 heavy (non-hydrogen) atoms. The first-order chi connectivity index (χ1) is 9.28. The summed E-state index contributed by atoms with van der Waals surface area (Å²) >= 11 is 0. The SMILES string of the molecule is C=CCNc1ccnc(NCc2ccc(C)cc2)n1. The van der Waals surface area contributed by atoms with Crippen molar-refractivity contribution in [3.8, 4) is 0 Å². The molecule has 0 atom stereocenters. The van der Waals surface area contributed by atoms with Crippen LogP contribution in [0.1, 0.15) is 11.1 Å². The number of anilines is 2. The highest BCUT2D eigenvalue weighted by molar-refractivity contribution is 5.40. The van der Waals surface area contributed by atoms with Crippen LogP contribution in [0, 0.1) is 6.92 Å². The molecule has 98 valence electrons. The van der Waals surface area contributed by atoms with E-state index >= 15 is 0 Å². The maximum atomic E-state index is 4.36. The lowest BCUT2D eigenvalue weighted by molar-refractivity contribution is 1.05. The third kappa shape index (κ3) is 4.10. The monoisotopic (exact) mass is 254 g/mol. The Labute approximate surface area is 113 Å². The summed E-state index contributed by atoms with van der Waals surface area (Å²) in [7, 11) is 0. The Balaban J connectivity index is 1.95. The van der Waals surface area contributed by atoms with Crippen LogP contribution in [0.5, 0.6) is 0 Å². The summed E-state index contributed by atoms with van der Waals surface area (Å²) in [5, 5.41) is 6.34. The maximum Gasteiger partial charge on any atom is 0.224 e. The molecule has 2 N–H and O–H groups in total. The van der Waals surface area contributed by atoms with E-state index in [0.717, 1.165) is 5.82 Å². The Bertz CT molecular complexity index is 534. The van der Waals surface area contributed by atoms with E-state index in [9.17, 15) is 0 Å². The van der Waals surface area contributed by atoms with Crippen LogP contribution in [0.3, 0.4) is 0 Å². The van der Waals surface area contributed by atoms with Crippen molar-refractivity contribution in [1.29, 1.82) is 0 Å². The molecule has 0 spiro atoms. The molecule has 0 aliphatic carbocycles. The van der Waals surface area contributed by atoms with Crippen LogP contribution in [0.2, 0.25) is 0 Å². The first-order valence-corrected chi connectivity index (χ1v) is 6.25. The molecule has 0 radical (unpaired) electrons. The summed E-state index contributed by atoms with van der Waals surface area (Å²) < 4.78 is 0. The maximum absolute atomic E-state index is 4.36. The minimum atomic E-state index is 0.620. The van der Waals surface area contributed by atoms with Gasteiger partial charge in [-0.25, -0.2) is 4.98 Å². The normalized spacial score (nSPS) is 9.95. The van der Waals surface area contributed by atoms with Gasteiger partial charge in [0.15, 0.2) is 0 Å². The van der Waals surface area contributed by atoms with Crippen LogP contribution in [0.25, 0.3) is 0 Å². The van der Waals surface area contributed by atoms with Gasteiger partial charge < -0.3 is 10.6 Å². The summed E-state index contributed by atoms with van der Waals surface area (Å²) in [6, 6.07) is 10.2. The number of aromatic nitrogens is 2. The zero-order valence-corrected chi connectivity index (χ0v) is 11.1. The highest BCUT2D eigenvalue weighted by atomic mass is 15.1. The minimum Gasteiger partial charge on any atom is -0.366 e. The summed E-state index contributed by atoms with van der Waals surface area (Å²) in [4.78, 5) is 8.55. The number of hydrogen-bond donors (Lipinski definition) is 2. The molecule has 0 unspecified atom stereocenters. The largest absolute Gasteiger partial charge is 0.366 e. The average Bonchev–Trinajstić information content (AvgIpc) is 2.45. The van der Waals surface area contributed by atoms with Gasteiger partial charge in [0.25, 0.3) is 0 Å². The van der Waals surface area contributed by atoms with Gasteiger partial charge in [0.1, 0.15) is 5.82 Å². The van der Waals surface area contributed by atoms with Crippen LogP contribution >= 0.6 is 0 Å². The first kappa shape index (κ1) is 13.1. The van der Waals surface area contributed by atoms with E-state index < -0.39 is 0 Å². The second kappa shape index (κ2) is 6.54. The van der Waals surface area contributed by atoms with Gasteiger partial charge in [-0.3, -0.25) is 0 Å². The van der Waals surface area contributed by atoms with Gasteiger partial charge in [0.05, 0.1) is 0 Å². The summed E-state index contributed by atoms with van der Waals surface area (Å²) in [5.41, 5.74) is 2.47. The topological polar surface area (TPSA) is 49.8 Å². The van der Waals surface area contributed by atoms with Gasteiger partial charge in [0.2, 0.25) is 5.95 Å². The predicted molar refractivity (Wildman–Crippen MR) is 79.2 cm³/mol. The first-order valence-electron chi connectivity index (χ1n) is 6.25. The fourth-order valence-electron chi connectivity index (χ4n) is 1.61. The minimum absolute atomic E-state index is 0.620. The summed E-state index contributed by atoms with van der Waals surface area (Å²) in [5.74, 6) is 1.41. The second-order valence-electron chi connectivity index (χ2n) is 4.27. The van der Waals surface area contributed by atoms with Crippen LogP contribution in [0.15, 0.2) is 49.2 Å². The van der Waals surface area contributed by atoms with E-state index in [0.29, 0.717) is 19.0 Å². The molecule has 0 saturated carbocycles. The van der Waals surface area contributed by atoms with Gasteiger partial charge >= 0.3 is 0 Å². The zero-order chi connectivity index (χ0) is 13.5. The molecule has 0 aliphatic rings. The van der Waals surface area contributed by atoms with E-state index in [-0.39, 0.29) is 0 Å². The van der Waals surface area contributed by atoms with Gasteiger partial charge in [-0.05, 0) is 18.6 Å². The Morgan fingerprint density at radius 3 is 2.68 bits per heavy atom. The molecule has 1 aromatic heterocycles. The van der Waals surface area contributed by atoms with Gasteiger partial charge in [-0.1, -0.05) is 35.9 Å². The lowest BCUT2D eigenvalue weighted by atomic mass is 10.1. The third-order valence-electron chi connectivity index (χ3n) is 2.65. The van der Waals surface area contributed by atoms with Crippen molar-refractivity contribution in [2.75, 3.05) is 17.2 Å². The Kier molecular flexibility index (Phi) is 4.50. The standard InChI is InChI=1S/C15H18N4/c1-3-9-16-14-8-10-17-15(19-14)18-11-13-6-4-12(2)5-7-13/h3-8,10H,1,9,11H2,2H3,(H2,16,17,18,19). The summed E-state index contributed by atoms with van der Waals surface area (Å²) in [6.45, 7) is 7.14. The molecule has 0 fully saturated rings. The van der Waals surface area contributed by atoms with E-state index in [2.05, 4.69) is 58.4 Å². The molecule has 0 amide bonds. The molecule has 2 aromatic rings. The van der Waals surface area contributed by atoms with Crippen molar-refractivity contribution in [2.24, 2.45) is 0 Å². The molecule has 0 bridgehead atoms. The fraction of sp³-hybridized carbons (Fsp3) is 0.200. The number of hydrogen-bond acceptors (Lipinski definition) is 4. The van der Waals surface area contributed by atoms with Crippen molar-refractivity contribution in [3.63, 3.8) is 0 Å². The van der Waals surface area contributed by atoms with E-state index in [1.165, 1.54) is 11.1 Å². The third-order valence-corrected chi connectivity index (χ3v) is 2.65. The molecular weight excluding hydrogens is 236 g/mol. The Morgan fingerprint density at radius 2 is 1.95 bits per heavy atom. The predicted octanol–water partition coefficient (Wildman–Crippen LogP) is 3.00. The smallest absolute Gasteiger partial charge is 0.224 e. The van der Waals surface area contributed by atoms with E-state index in [4.69, 9.17) is 0 Å². The van der Waals surface area contributed by atoms with Crippen molar-refractivity contribution < 1.29 is 0 Å². The molecule has 4 heteroatoms. The van der Waals surface area contributed by atoms with E-state index in [1.807, 2.05) is 6.07 Å². The Morgan fingerprint density at radius 1 is 1.16 bits per heavy atom. The lowest BCUT2D eigenvalue weighted by Gasteiger charge is -2.07. The van der Waals surface area contributed by atoms with Crippen molar-refractivity contribution in [2.45, 2.75) is 13.5 Å².